The summed E-state index contributed by atoms with van der Waals surface area (Å²) in [5, 5.41) is 18.5. The van der Waals surface area contributed by atoms with Gasteiger partial charge in [0.1, 0.15) is 17.3 Å². The van der Waals surface area contributed by atoms with Crippen molar-refractivity contribution in [1.82, 2.24) is 19.7 Å². The fourth-order valence-corrected chi connectivity index (χ4v) is 4.82. The number of amides is 1. The summed E-state index contributed by atoms with van der Waals surface area (Å²) >= 11 is 0. The largest absolute Gasteiger partial charge is 0.444 e. The Morgan fingerprint density at radius 2 is 2.08 bits per heavy atom. The molecule has 2 aromatic heterocycles. The van der Waals surface area contributed by atoms with Crippen LogP contribution in [0, 0.1) is 6.92 Å². The quantitative estimate of drug-likeness (QED) is 0.451. The zero-order chi connectivity index (χ0) is 25.9. The van der Waals surface area contributed by atoms with Gasteiger partial charge in [0.2, 0.25) is 0 Å². The van der Waals surface area contributed by atoms with Crippen molar-refractivity contribution in [2.24, 2.45) is 0 Å². The van der Waals surface area contributed by atoms with Crippen LogP contribution < -0.4 is 10.9 Å². The summed E-state index contributed by atoms with van der Waals surface area (Å²) in [5.41, 5.74) is 2.76. The van der Waals surface area contributed by atoms with Gasteiger partial charge in [0.05, 0.1) is 16.6 Å². The first-order chi connectivity index (χ1) is 17.2. The smallest absolute Gasteiger partial charge is 0.407 e. The topological polar surface area (TPSA) is 108 Å². The molecule has 2 N–H and O–H groups in total. The summed E-state index contributed by atoms with van der Waals surface area (Å²) in [5.74, 6) is 0. The van der Waals surface area contributed by atoms with E-state index in [1.54, 1.807) is 4.57 Å². The fraction of sp³-hybridized carbons (Fsp3) is 0.593. The van der Waals surface area contributed by atoms with E-state index in [4.69, 9.17) is 14.6 Å². The predicted molar refractivity (Wildman–Crippen MR) is 139 cm³/mol. The Labute approximate surface area is 211 Å². The van der Waals surface area contributed by atoms with Crippen LogP contribution in [0.15, 0.2) is 23.0 Å². The molecule has 4 rings (SSSR count). The van der Waals surface area contributed by atoms with Crippen LogP contribution >= 0.6 is 0 Å². The minimum Gasteiger partial charge on any atom is -0.444 e. The Balaban J connectivity index is 1.70. The third-order valence-electron chi connectivity index (χ3n) is 6.49. The monoisotopic (exact) mass is 498 g/mol. The van der Waals surface area contributed by atoms with Gasteiger partial charge in [-0.15, -0.1) is 0 Å². The Kier molecular flexibility index (Phi) is 8.00. The van der Waals surface area contributed by atoms with Crippen molar-refractivity contribution in [2.75, 3.05) is 19.8 Å². The van der Waals surface area contributed by atoms with Crippen molar-refractivity contribution in [2.45, 2.75) is 84.6 Å². The highest BCUT2D eigenvalue weighted by Crippen LogP contribution is 2.30. The lowest BCUT2D eigenvalue weighted by Gasteiger charge is -2.23. The first-order valence-corrected chi connectivity index (χ1v) is 12.9. The molecule has 1 fully saturated rings. The summed E-state index contributed by atoms with van der Waals surface area (Å²) in [7, 11) is 0. The number of nitrogens with one attached hydrogen (secondary N) is 1. The van der Waals surface area contributed by atoms with Crippen LogP contribution in [0.1, 0.15) is 70.4 Å². The zero-order valence-corrected chi connectivity index (χ0v) is 21.8. The van der Waals surface area contributed by atoms with E-state index in [9.17, 15) is 14.7 Å². The van der Waals surface area contributed by atoms with Crippen LogP contribution in [0.25, 0.3) is 21.8 Å². The van der Waals surface area contributed by atoms with Gasteiger partial charge in [0.15, 0.2) is 0 Å². The van der Waals surface area contributed by atoms with E-state index in [0.717, 1.165) is 47.8 Å². The van der Waals surface area contributed by atoms with Crippen molar-refractivity contribution in [3.05, 3.63) is 39.8 Å². The van der Waals surface area contributed by atoms with Gasteiger partial charge in [-0.25, -0.2) is 9.48 Å². The summed E-state index contributed by atoms with van der Waals surface area (Å²) in [6, 6.07) is 6.06. The first kappa shape index (κ1) is 26.2. The number of nitrogens with zero attached hydrogens (tertiary/aromatic N) is 3. The molecule has 0 radical (unpaired) electrons. The fourth-order valence-electron chi connectivity index (χ4n) is 4.82. The van der Waals surface area contributed by atoms with Crippen molar-refractivity contribution >= 4 is 27.9 Å². The summed E-state index contributed by atoms with van der Waals surface area (Å²) in [4.78, 5) is 25.8. The molecule has 3 heterocycles. The third-order valence-corrected chi connectivity index (χ3v) is 6.49. The van der Waals surface area contributed by atoms with Gasteiger partial charge in [-0.1, -0.05) is 6.07 Å². The first-order valence-electron chi connectivity index (χ1n) is 12.9. The molecule has 0 spiro atoms. The van der Waals surface area contributed by atoms with E-state index in [1.165, 1.54) is 0 Å². The van der Waals surface area contributed by atoms with Crippen molar-refractivity contribution in [3.8, 4) is 0 Å². The molecule has 0 bridgehead atoms. The molecule has 1 aromatic carbocycles. The Bertz CT molecular complexity index is 1280. The Morgan fingerprint density at radius 3 is 2.78 bits per heavy atom. The molecule has 1 saturated heterocycles. The number of carbonyl (C=O) groups excluding carboxylic acids is 1. The number of ether oxygens (including phenoxy) is 2. The van der Waals surface area contributed by atoms with Crippen LogP contribution in [-0.2, 0) is 22.4 Å². The van der Waals surface area contributed by atoms with Gasteiger partial charge >= 0.3 is 6.09 Å². The van der Waals surface area contributed by atoms with E-state index in [0.29, 0.717) is 43.4 Å². The van der Waals surface area contributed by atoms with Gasteiger partial charge < -0.3 is 24.5 Å². The van der Waals surface area contributed by atoms with Crippen LogP contribution in [0.4, 0.5) is 4.79 Å². The number of aromatic nitrogens is 3. The molecule has 36 heavy (non-hydrogen) atoms. The number of aryl methyl sites for hydroxylation is 3. The van der Waals surface area contributed by atoms with E-state index in [1.807, 2.05) is 44.5 Å². The molecule has 1 atom stereocenters. The molecule has 0 saturated carbocycles. The minimum absolute atomic E-state index is 0.0857. The summed E-state index contributed by atoms with van der Waals surface area (Å²) < 4.78 is 14.9. The molecule has 1 unspecified atom stereocenters. The second kappa shape index (κ2) is 11.0. The van der Waals surface area contributed by atoms with Crippen LogP contribution in [-0.4, -0.2) is 50.9 Å². The predicted octanol–water partition coefficient (Wildman–Crippen LogP) is 4.20. The lowest BCUT2D eigenvalue weighted by atomic mass is 10.0. The number of aliphatic hydroxyl groups excluding tert-OH is 1. The normalized spacial score (nSPS) is 16.5. The van der Waals surface area contributed by atoms with Gasteiger partial charge in [-0.2, -0.15) is 5.10 Å². The van der Waals surface area contributed by atoms with Gasteiger partial charge in [-0.05, 0) is 83.9 Å². The summed E-state index contributed by atoms with van der Waals surface area (Å²) in [6.07, 6.45) is 4.35. The lowest BCUT2D eigenvalue weighted by Crippen LogP contribution is -2.33. The zero-order valence-electron chi connectivity index (χ0n) is 21.8. The number of hydrogen-bond acceptors (Lipinski definition) is 6. The van der Waals surface area contributed by atoms with E-state index in [2.05, 4.69) is 11.4 Å². The van der Waals surface area contributed by atoms with Crippen molar-refractivity contribution in [3.63, 3.8) is 0 Å². The summed E-state index contributed by atoms with van der Waals surface area (Å²) in [6.45, 7) is 9.07. The maximum Gasteiger partial charge on any atom is 0.407 e. The highest BCUT2D eigenvalue weighted by Gasteiger charge is 2.24. The molecule has 3 aromatic rings. The highest BCUT2D eigenvalue weighted by molar-refractivity contribution is 6.04. The van der Waals surface area contributed by atoms with Gasteiger partial charge in [-0.3, -0.25) is 4.79 Å². The minimum atomic E-state index is -0.560. The van der Waals surface area contributed by atoms with E-state index in [-0.39, 0.29) is 18.4 Å². The maximum atomic E-state index is 13.8. The number of hydrogen-bond donors (Lipinski definition) is 2. The SMILES string of the molecule is Cc1c2c(=O)n(CCCNC(=O)OC(C)(C)C)c3ccc(CCCO)cc3c2nn1C1CCCCO1. The average Bonchev–Trinajstić information content (AvgIpc) is 3.19. The average molecular weight is 499 g/mol. The molecule has 9 nitrogen and oxygen atoms in total. The molecule has 1 amide bonds. The standard InChI is InChI=1S/C27H38N4O5/c1-18-23-24(29-31(18)22-10-5-6-16-35-22)20-17-19(9-7-15-32)11-12-21(20)30(25(23)33)14-8-13-28-26(34)36-27(2,3)4/h11-12,17,22,32H,5-10,13-16H2,1-4H3,(H,28,34). The van der Waals surface area contributed by atoms with E-state index < -0.39 is 11.7 Å². The molecule has 9 heteroatoms. The van der Waals surface area contributed by atoms with Crippen LogP contribution in [0.2, 0.25) is 0 Å². The van der Waals surface area contributed by atoms with Crippen molar-refractivity contribution in [1.29, 1.82) is 0 Å². The van der Waals surface area contributed by atoms with Crippen LogP contribution in [0.3, 0.4) is 0 Å². The number of pyridine rings is 1. The number of rotatable bonds is 8. The van der Waals surface area contributed by atoms with Gasteiger partial charge in [0, 0.05) is 31.7 Å². The lowest BCUT2D eigenvalue weighted by molar-refractivity contribution is -0.0402. The number of benzene rings is 1. The molecule has 1 aliphatic heterocycles. The molecular weight excluding hydrogens is 460 g/mol. The Hall–Kier alpha value is -2.91. The third kappa shape index (κ3) is 5.73. The number of carbonyl (C=O) groups is 1. The second-order valence-electron chi connectivity index (χ2n) is 10.5. The maximum absolute atomic E-state index is 13.8. The van der Waals surface area contributed by atoms with Gasteiger partial charge in [0.25, 0.3) is 5.56 Å². The highest BCUT2D eigenvalue weighted by atomic mass is 16.6. The van der Waals surface area contributed by atoms with Crippen molar-refractivity contribution < 1.29 is 19.4 Å². The van der Waals surface area contributed by atoms with E-state index >= 15 is 0 Å². The molecule has 0 aliphatic carbocycles. The number of alkyl carbamates (subject to hydrolysis) is 1. The second-order valence-corrected chi connectivity index (χ2v) is 10.5. The van der Waals surface area contributed by atoms with Crippen LogP contribution in [0.5, 0.6) is 0 Å². The Morgan fingerprint density at radius 1 is 1.28 bits per heavy atom. The number of fused-ring (bicyclic) bond motifs is 3. The molecular formula is C27H38N4O5. The number of aliphatic hydroxyl groups is 1. The molecule has 1 aliphatic rings. The molecule has 196 valence electrons.